The summed E-state index contributed by atoms with van der Waals surface area (Å²) in [6.45, 7) is 3.39. The third-order valence-corrected chi connectivity index (χ3v) is 25.0. The van der Waals surface area contributed by atoms with Crippen molar-refractivity contribution in [1.29, 1.82) is 0 Å². The van der Waals surface area contributed by atoms with Crippen molar-refractivity contribution in [2.75, 3.05) is 53.3 Å². The highest BCUT2D eigenvalue weighted by molar-refractivity contribution is 8.34. The van der Waals surface area contributed by atoms with Gasteiger partial charge in [0.05, 0.1) is 33.2 Å². The molecule has 1 N–H and O–H groups in total. The summed E-state index contributed by atoms with van der Waals surface area (Å²) in [5.41, 5.74) is 11.8. The number of aromatic carboxylic acids is 1. The lowest BCUT2D eigenvalue weighted by Crippen LogP contribution is -2.31. The van der Waals surface area contributed by atoms with Crippen LogP contribution in [0, 0.1) is 6.92 Å². The second-order valence-corrected chi connectivity index (χ2v) is 34.7. The maximum absolute atomic E-state index is 13.2. The Morgan fingerprint density at radius 3 is 1.17 bits per heavy atom. The van der Waals surface area contributed by atoms with E-state index < -0.39 is 17.9 Å². The Morgan fingerprint density at radius 2 is 0.727 bits per heavy atom. The maximum Gasteiger partial charge on any atom is 0.336 e. The summed E-state index contributed by atoms with van der Waals surface area (Å²) in [5, 5.41) is 9.53. The minimum Gasteiger partial charge on any atom is -0.478 e. The van der Waals surface area contributed by atoms with Gasteiger partial charge in [0.1, 0.15) is 52.2 Å². The number of ketones is 1. The number of aromatic nitrogens is 1. The molecule has 0 aliphatic carbocycles. The summed E-state index contributed by atoms with van der Waals surface area (Å²) < 4.78 is 25.7. The maximum atomic E-state index is 13.2. The van der Waals surface area contributed by atoms with Crippen molar-refractivity contribution in [1.82, 2.24) is 14.8 Å². The number of aryl methyl sites for hydroxylation is 1. The summed E-state index contributed by atoms with van der Waals surface area (Å²) in [7, 11) is 3.29. The van der Waals surface area contributed by atoms with Crippen LogP contribution in [0.4, 0.5) is 96.7 Å². The Morgan fingerprint density at radius 1 is 0.367 bits per heavy atom. The summed E-state index contributed by atoms with van der Waals surface area (Å²) in [6, 6.07) is 115. The van der Waals surface area contributed by atoms with Gasteiger partial charge in [0.25, 0.3) is 17.7 Å². The molecule has 20 rings (SSSR count). The molecule has 0 radical (unpaired) electrons. The number of furan rings is 4. The van der Waals surface area contributed by atoms with Gasteiger partial charge in [-0.15, -0.1) is 0 Å². The number of thiocarbonyl (C=S) groups is 3. The lowest BCUT2D eigenvalue weighted by molar-refractivity contribution is -0.115. The summed E-state index contributed by atoms with van der Waals surface area (Å²) in [5.74, 6) is 2.96. The molecule has 0 atom stereocenters. The molecule has 4 fully saturated rings. The molecule has 0 spiro atoms. The zero-order valence-electron chi connectivity index (χ0n) is 74.6. The van der Waals surface area contributed by atoms with Gasteiger partial charge in [-0.1, -0.05) is 194 Å². The fourth-order valence-electron chi connectivity index (χ4n) is 15.4. The van der Waals surface area contributed by atoms with Crippen LogP contribution in [-0.4, -0.2) is 94.6 Å². The van der Waals surface area contributed by atoms with Crippen LogP contribution in [0.3, 0.4) is 0 Å². The minimum absolute atomic E-state index is 0.0640. The number of anilines is 16. The van der Waals surface area contributed by atoms with Gasteiger partial charge in [-0.2, -0.15) is 0 Å². The zero-order chi connectivity index (χ0) is 96.7. The first-order chi connectivity index (χ1) is 67.6. The molecule has 5 aromatic heterocycles. The predicted molar refractivity (Wildman–Crippen MR) is 560 cm³/mol. The molecular formula is C110H81N11O13S5. The van der Waals surface area contributed by atoms with E-state index in [4.69, 9.17) is 54.3 Å². The monoisotopic (exact) mass is 1920 g/mol. The number of amides is 5. The van der Waals surface area contributed by atoms with Crippen LogP contribution >= 0.6 is 60.2 Å². The van der Waals surface area contributed by atoms with Crippen molar-refractivity contribution in [3.8, 4) is 0 Å². The summed E-state index contributed by atoms with van der Waals surface area (Å²) in [6.07, 6.45) is 9.17. The molecule has 0 bridgehead atoms. The fraction of sp³-hybridized carbons (Fsp3) is 0.0364. The van der Waals surface area contributed by atoms with Crippen LogP contribution in [-0.2, 0) is 19.2 Å². The van der Waals surface area contributed by atoms with E-state index in [1.165, 1.54) is 41.6 Å². The first-order valence-corrected chi connectivity index (χ1v) is 46.1. The molecule has 684 valence electrons. The average molecular weight is 1930 g/mol. The normalized spacial score (nSPS) is 14.6. The van der Waals surface area contributed by atoms with Crippen LogP contribution in [0.5, 0.6) is 0 Å². The number of hydrogen-bond acceptors (Lipinski definition) is 22. The molecule has 11 aromatic carbocycles. The van der Waals surface area contributed by atoms with Crippen molar-refractivity contribution in [3.63, 3.8) is 0 Å². The van der Waals surface area contributed by atoms with E-state index in [2.05, 4.69) is 4.98 Å². The molecule has 16 aromatic rings. The zero-order valence-corrected chi connectivity index (χ0v) is 78.6. The van der Waals surface area contributed by atoms with Gasteiger partial charge in [0, 0.05) is 120 Å². The van der Waals surface area contributed by atoms with Crippen LogP contribution < -0.4 is 39.2 Å². The number of aldehydes is 1. The molecule has 5 amide bonds. The lowest BCUT2D eigenvalue weighted by Gasteiger charge is -2.23. The van der Waals surface area contributed by atoms with Gasteiger partial charge in [0.15, 0.2) is 19.5 Å². The van der Waals surface area contributed by atoms with Crippen molar-refractivity contribution < 1.29 is 61.1 Å². The Kier molecular flexibility index (Phi) is 28.7. The van der Waals surface area contributed by atoms with Gasteiger partial charge in [-0.25, -0.2) is 19.5 Å². The van der Waals surface area contributed by atoms with Gasteiger partial charge in [-0.3, -0.25) is 68.0 Å². The highest BCUT2D eigenvalue weighted by Gasteiger charge is 2.42. The molecule has 4 aliphatic rings. The topological polar surface area (TPSA) is 255 Å². The second kappa shape index (κ2) is 42.6. The molecule has 139 heavy (non-hydrogen) atoms. The van der Waals surface area contributed by atoms with Crippen molar-refractivity contribution in [3.05, 3.63) is 450 Å². The first kappa shape index (κ1) is 93.6. The number of imide groups is 1. The lowest BCUT2D eigenvalue weighted by atomic mass is 10.0. The van der Waals surface area contributed by atoms with Crippen molar-refractivity contribution >= 4 is 237 Å². The van der Waals surface area contributed by atoms with E-state index in [1.54, 1.807) is 149 Å². The number of para-hydroxylation sites is 8. The molecule has 4 saturated heterocycles. The van der Waals surface area contributed by atoms with E-state index >= 15 is 0 Å². The van der Waals surface area contributed by atoms with Crippen LogP contribution in [0.25, 0.3) is 24.3 Å². The Hall–Kier alpha value is -17.2. The van der Waals surface area contributed by atoms with Crippen molar-refractivity contribution in [2.45, 2.75) is 13.8 Å². The molecule has 9 heterocycles. The summed E-state index contributed by atoms with van der Waals surface area (Å²) in [4.78, 5) is 121. The molecule has 4 aliphatic heterocycles. The number of carbonyl (C=O) groups is 8. The standard InChI is InChI=1S/C31H25N3O5.C28H21N3O4S.C26H18N2O2S2.C25H17N3O2S2/c1-20-9-12-25(17-27(20)21(2)36)33(24-13-10-22(19-35)11-14-24)29-16-15-26(39-29)18-28-30(37)34(31(38)32(28)3)23-7-5-4-6-8-23;1-29-24(26(32)31(28(29)36)21-10-6-3-7-11-21)18-23-16-17-25(35-23)30(20-8-4-2-5-9-20)22-14-12-19(13-15-22)27(33)34;29-25-23(32-26(31)28(25)21-14-8-3-9-15-21)18-22-16-17-24(30-22)27(19-10-4-1-5-11-19)20-12-6-2-7-13-20;29-24-21(27(25(31)32-24)18-9-3-1-4-10-18)17-20-14-15-23(30-20)28(19-11-5-2-6-12-19)22-13-7-8-16-26-22/h4-19H,1-3H3;2-18H,1H3,(H,33,34);1-18H;1-17H/b28-18-;24-18-;23-18-;21-17-. The number of carbonyl (C=O) groups excluding carboxylic acids is 7. The number of urea groups is 1. The Labute approximate surface area is 823 Å². The number of rotatable bonds is 23. The highest BCUT2D eigenvalue weighted by Crippen LogP contribution is 2.45. The van der Waals surface area contributed by atoms with E-state index in [0.29, 0.717) is 111 Å². The number of thioether (sulfide) groups is 2. The van der Waals surface area contributed by atoms with E-state index in [0.717, 1.165) is 74.1 Å². The van der Waals surface area contributed by atoms with Gasteiger partial charge in [-0.05, 0) is 238 Å². The van der Waals surface area contributed by atoms with Crippen LogP contribution in [0.2, 0.25) is 0 Å². The van der Waals surface area contributed by atoms with E-state index in [9.17, 15) is 43.5 Å². The number of pyridine rings is 1. The second-order valence-electron chi connectivity index (χ2n) is 31.1. The largest absolute Gasteiger partial charge is 0.478 e. The molecule has 29 heteroatoms. The molecule has 0 saturated carbocycles. The quantitative estimate of drug-likeness (QED) is 0.0205. The minimum atomic E-state index is -0.993. The third-order valence-electron chi connectivity index (χ3n) is 22.1. The summed E-state index contributed by atoms with van der Waals surface area (Å²) >= 11 is 18.8. The van der Waals surface area contributed by atoms with Gasteiger partial charge >= 0.3 is 12.0 Å². The van der Waals surface area contributed by atoms with Crippen LogP contribution in [0.15, 0.2) is 422 Å². The number of hydrogen-bond donors (Lipinski definition) is 1. The molecule has 24 nitrogen and oxygen atoms in total. The first-order valence-electron chi connectivity index (χ1n) is 43.3. The van der Waals surface area contributed by atoms with Crippen LogP contribution in [0.1, 0.15) is 66.6 Å². The smallest absolute Gasteiger partial charge is 0.336 e. The number of likely N-dealkylation sites (N-methyl/N-ethyl adjacent to an activating group) is 2. The predicted octanol–water partition coefficient (Wildman–Crippen LogP) is 26.3. The number of benzene rings is 11. The highest BCUT2D eigenvalue weighted by atomic mass is 32.2. The number of carboxylic acid groups (broad SMARTS) is 1. The Bertz CT molecular complexity index is 7340. The molecular weight excluding hydrogens is 1840 g/mol. The Balaban J connectivity index is 0.000000128. The third kappa shape index (κ3) is 20.9. The van der Waals surface area contributed by atoms with Gasteiger partial charge in [0.2, 0.25) is 28.7 Å². The fourth-order valence-corrected chi connectivity index (χ4v) is 18.1. The molecule has 0 unspecified atom stereocenters. The average Bonchev–Trinajstić information content (AvgIpc) is 1.62. The SMILES string of the molecule is CC(=O)c1cc(N(c2ccc(C=O)cc2)c2ccc(/C=C3/C(=O)N(c4ccccc4)C(=O)N3C)o2)ccc1C.CN1C(=S)N(c2ccccc2)C(=O)/C1=C/c1ccc(N(c2ccccc2)c2ccc(C(=O)O)cc2)o1.O=C1/C(=C/c2ccc(N(c3ccccc3)c3ccccc3)o2)SC(=S)N1c1ccccc1.O=C1SC(=S)N(c2ccccc2)/C1=C\c1ccc(N(c2ccccc2)c2ccccn2)o1. The number of Topliss-reactive ketones (excluding diaryl/α,β-unsaturated/α-hetero) is 1. The number of carboxylic acids is 1. The number of nitrogens with zero attached hydrogens (tertiary/aromatic N) is 11. The van der Waals surface area contributed by atoms with E-state index in [1.807, 2.05) is 300 Å². The van der Waals surface area contributed by atoms with E-state index in [-0.39, 0.29) is 34.0 Å². The van der Waals surface area contributed by atoms with Crippen molar-refractivity contribution in [2.24, 2.45) is 0 Å². The van der Waals surface area contributed by atoms with Gasteiger partial charge < -0.3 is 27.7 Å².